The third-order valence-corrected chi connectivity index (χ3v) is 6.64. The number of H-pyrrole nitrogens is 1. The number of rotatable bonds is 18. The molecule has 12 N–H and O–H groups in total. The third-order valence-electron chi connectivity index (χ3n) is 6.64. The van der Waals surface area contributed by atoms with Crippen LogP contribution in [0.2, 0.25) is 0 Å². The second kappa shape index (κ2) is 16.7. The lowest BCUT2D eigenvalue weighted by Crippen LogP contribution is -2.57. The molecule has 0 aliphatic heterocycles. The number of carboxylic acids is 2. The highest BCUT2D eigenvalue weighted by Crippen LogP contribution is 2.19. The van der Waals surface area contributed by atoms with Gasteiger partial charge in [-0.1, -0.05) is 32.0 Å². The number of nitrogens with one attached hydrogen (secondary N) is 4. The van der Waals surface area contributed by atoms with E-state index in [4.69, 9.17) is 22.3 Å². The Labute approximate surface area is 249 Å². The number of hydrogen-bond donors (Lipinski definition) is 9. The van der Waals surface area contributed by atoms with Gasteiger partial charge in [-0.3, -0.25) is 24.2 Å². The highest BCUT2D eigenvalue weighted by atomic mass is 16.4. The average molecular weight is 603 g/mol. The summed E-state index contributed by atoms with van der Waals surface area (Å²) in [7, 11) is 0. The van der Waals surface area contributed by atoms with Crippen LogP contribution < -0.4 is 33.2 Å². The minimum absolute atomic E-state index is 0.0163. The van der Waals surface area contributed by atoms with Crippen LogP contribution in [-0.2, 0) is 30.4 Å². The lowest BCUT2D eigenvalue weighted by molar-refractivity contribution is -0.142. The number of benzene rings is 1. The van der Waals surface area contributed by atoms with E-state index in [2.05, 4.69) is 25.9 Å². The van der Waals surface area contributed by atoms with E-state index in [1.54, 1.807) is 6.20 Å². The van der Waals surface area contributed by atoms with Crippen LogP contribution in [0.25, 0.3) is 10.9 Å². The Morgan fingerprint density at radius 3 is 2.16 bits per heavy atom. The molecule has 0 bridgehead atoms. The normalized spacial score (nSPS) is 13.9. The van der Waals surface area contributed by atoms with Crippen LogP contribution >= 0.6 is 0 Å². The molecule has 3 amide bonds. The molecule has 0 radical (unpaired) electrons. The lowest BCUT2D eigenvalue weighted by Gasteiger charge is -2.26. The van der Waals surface area contributed by atoms with Crippen LogP contribution in [0.4, 0.5) is 0 Å². The fourth-order valence-electron chi connectivity index (χ4n) is 4.43. The van der Waals surface area contributed by atoms with Crippen LogP contribution in [0.15, 0.2) is 35.5 Å². The number of amides is 3. The van der Waals surface area contributed by atoms with E-state index < -0.39 is 53.8 Å². The first-order chi connectivity index (χ1) is 20.3. The van der Waals surface area contributed by atoms with Crippen molar-refractivity contribution in [3.63, 3.8) is 0 Å². The van der Waals surface area contributed by atoms with Gasteiger partial charge in [-0.05, 0) is 43.2 Å². The summed E-state index contributed by atoms with van der Waals surface area (Å²) in [6.45, 7) is 3.85. The molecule has 0 saturated heterocycles. The minimum atomic E-state index is -1.28. The van der Waals surface area contributed by atoms with Gasteiger partial charge in [-0.2, -0.15) is 0 Å². The summed E-state index contributed by atoms with van der Waals surface area (Å²) in [4.78, 5) is 69.4. The number of carbonyl (C=O) groups excluding carboxylic acids is 3. The summed E-state index contributed by atoms with van der Waals surface area (Å²) in [6, 6.07) is 2.64. The van der Waals surface area contributed by atoms with Crippen molar-refractivity contribution in [3.05, 3.63) is 36.0 Å². The van der Waals surface area contributed by atoms with Crippen molar-refractivity contribution in [2.75, 3.05) is 6.54 Å². The molecule has 0 spiro atoms. The minimum Gasteiger partial charge on any atom is -0.481 e. The summed E-state index contributed by atoms with van der Waals surface area (Å²) in [5, 5.41) is 27.2. The molecule has 2 rings (SSSR count). The lowest BCUT2D eigenvalue weighted by atomic mass is 10.00. The number of guanidine groups is 1. The number of carboxylic acid groups (broad SMARTS) is 2. The highest BCUT2D eigenvalue weighted by Gasteiger charge is 2.31. The number of fused-ring (bicyclic) bond motifs is 1. The molecule has 1 aromatic heterocycles. The number of nitrogens with two attached hydrogens (primary N) is 3. The Morgan fingerprint density at radius 2 is 1.53 bits per heavy atom. The van der Waals surface area contributed by atoms with Crippen molar-refractivity contribution in [3.8, 4) is 0 Å². The second-order valence-electron chi connectivity index (χ2n) is 10.7. The zero-order valence-corrected chi connectivity index (χ0v) is 24.3. The van der Waals surface area contributed by atoms with Gasteiger partial charge in [-0.25, -0.2) is 4.79 Å². The van der Waals surface area contributed by atoms with Crippen LogP contribution in [0.5, 0.6) is 0 Å². The van der Waals surface area contributed by atoms with Crippen molar-refractivity contribution in [2.45, 2.75) is 76.5 Å². The molecule has 0 aliphatic rings. The molecule has 1 aromatic carbocycles. The number of hydrogen-bond acceptors (Lipinski definition) is 7. The van der Waals surface area contributed by atoms with Gasteiger partial charge in [0.25, 0.3) is 0 Å². The standard InChI is InChI=1S/C28H42N8O7/c1-15(2)12-21(35-24(39)18(29)9-10-23(37)38)25(40)36-22(13-16-14-33-19-7-4-3-6-17(16)19)26(41)34-20(27(42)43)8-5-11-32-28(30)31/h3-4,6-7,14-15,18,20-22,33H,5,8-13,29H2,1-2H3,(H,34,41)(H,35,39)(H,36,40)(H,37,38)(H,42,43)(H4,30,31,32). The maximum atomic E-state index is 13.5. The summed E-state index contributed by atoms with van der Waals surface area (Å²) >= 11 is 0. The van der Waals surface area contributed by atoms with Gasteiger partial charge < -0.3 is 48.3 Å². The largest absolute Gasteiger partial charge is 0.481 e. The number of aliphatic imine (C=N–C) groups is 1. The van der Waals surface area contributed by atoms with E-state index in [9.17, 15) is 29.1 Å². The molecular weight excluding hydrogens is 560 g/mol. The topological polar surface area (TPSA) is 268 Å². The molecule has 4 atom stereocenters. The second-order valence-corrected chi connectivity index (χ2v) is 10.7. The molecule has 4 unspecified atom stereocenters. The van der Waals surface area contributed by atoms with E-state index in [1.807, 2.05) is 38.1 Å². The summed E-state index contributed by atoms with van der Waals surface area (Å²) in [5.74, 6) is -4.67. The van der Waals surface area contributed by atoms with Crippen LogP contribution in [0, 0.1) is 5.92 Å². The molecule has 0 aliphatic carbocycles. The number of aromatic nitrogens is 1. The predicted octanol–water partition coefficient (Wildman–Crippen LogP) is -0.459. The van der Waals surface area contributed by atoms with Gasteiger partial charge in [0.15, 0.2) is 5.96 Å². The van der Waals surface area contributed by atoms with Crippen molar-refractivity contribution in [1.29, 1.82) is 0 Å². The molecule has 15 heteroatoms. The van der Waals surface area contributed by atoms with E-state index in [0.29, 0.717) is 5.56 Å². The van der Waals surface area contributed by atoms with E-state index >= 15 is 0 Å². The van der Waals surface area contributed by atoms with E-state index in [0.717, 1.165) is 10.9 Å². The number of para-hydroxylation sites is 1. The molecule has 236 valence electrons. The van der Waals surface area contributed by atoms with Gasteiger partial charge in [0.05, 0.1) is 6.04 Å². The Bertz CT molecular complexity index is 1310. The van der Waals surface area contributed by atoms with Gasteiger partial charge in [-0.15, -0.1) is 0 Å². The molecular formula is C28H42N8O7. The summed E-state index contributed by atoms with van der Waals surface area (Å²) in [6.07, 6.45) is 1.79. The smallest absolute Gasteiger partial charge is 0.326 e. The zero-order chi connectivity index (χ0) is 32.1. The van der Waals surface area contributed by atoms with Crippen molar-refractivity contribution in [2.24, 2.45) is 28.1 Å². The Hall–Kier alpha value is -4.66. The van der Waals surface area contributed by atoms with Crippen LogP contribution in [0.3, 0.4) is 0 Å². The maximum Gasteiger partial charge on any atom is 0.326 e. The predicted molar refractivity (Wildman–Crippen MR) is 160 cm³/mol. The number of aromatic amines is 1. The molecule has 43 heavy (non-hydrogen) atoms. The van der Waals surface area contributed by atoms with Crippen LogP contribution in [-0.4, -0.2) is 81.5 Å². The van der Waals surface area contributed by atoms with Crippen molar-refractivity contribution < 1.29 is 34.2 Å². The van der Waals surface area contributed by atoms with Crippen LogP contribution in [0.1, 0.15) is 51.5 Å². The van der Waals surface area contributed by atoms with E-state index in [-0.39, 0.29) is 56.9 Å². The summed E-state index contributed by atoms with van der Waals surface area (Å²) < 4.78 is 0. The average Bonchev–Trinajstić information content (AvgIpc) is 3.34. The number of carbonyl (C=O) groups is 5. The molecule has 0 fully saturated rings. The third kappa shape index (κ3) is 11.6. The molecule has 2 aromatic rings. The first-order valence-electron chi connectivity index (χ1n) is 14.0. The number of aliphatic carboxylic acids is 2. The zero-order valence-electron chi connectivity index (χ0n) is 24.3. The van der Waals surface area contributed by atoms with Gasteiger partial charge in [0, 0.05) is 36.5 Å². The first kappa shape index (κ1) is 34.5. The van der Waals surface area contributed by atoms with Crippen molar-refractivity contribution >= 4 is 46.5 Å². The fourth-order valence-corrected chi connectivity index (χ4v) is 4.43. The number of nitrogens with zero attached hydrogens (tertiary/aromatic N) is 1. The van der Waals surface area contributed by atoms with E-state index in [1.165, 1.54) is 0 Å². The highest BCUT2D eigenvalue weighted by molar-refractivity contribution is 5.95. The fraction of sp³-hybridized carbons (Fsp3) is 0.500. The first-order valence-corrected chi connectivity index (χ1v) is 14.0. The quantitative estimate of drug-likeness (QED) is 0.0602. The van der Waals surface area contributed by atoms with Gasteiger partial charge in [0.1, 0.15) is 18.1 Å². The summed E-state index contributed by atoms with van der Waals surface area (Å²) in [5.41, 5.74) is 18.0. The Balaban J connectivity index is 2.28. The Kier molecular flexibility index (Phi) is 13.4. The monoisotopic (exact) mass is 602 g/mol. The van der Waals surface area contributed by atoms with Crippen molar-refractivity contribution in [1.82, 2.24) is 20.9 Å². The maximum absolute atomic E-state index is 13.5. The molecule has 0 saturated carbocycles. The Morgan fingerprint density at radius 1 is 0.907 bits per heavy atom. The SMILES string of the molecule is CC(C)CC(NC(=O)C(N)CCC(=O)O)C(=O)NC(Cc1c[nH]c2ccccc12)C(=O)NC(CCCN=C(N)N)C(=O)O. The molecule has 1 heterocycles. The van der Waals surface area contributed by atoms with Gasteiger partial charge >= 0.3 is 11.9 Å². The molecule has 15 nitrogen and oxygen atoms in total. The van der Waals surface area contributed by atoms with Gasteiger partial charge in [0.2, 0.25) is 17.7 Å².